The molecule has 0 aliphatic carbocycles. The Balaban J connectivity index is 2.47. The van der Waals surface area contributed by atoms with Gasteiger partial charge >= 0.3 is 0 Å². The second-order valence-electron chi connectivity index (χ2n) is 2.70. The summed E-state index contributed by atoms with van der Waals surface area (Å²) in [5, 5.41) is 0.984. The van der Waals surface area contributed by atoms with Gasteiger partial charge in [0.1, 0.15) is 12.0 Å². The Morgan fingerprint density at radius 2 is 2.00 bits per heavy atom. The lowest BCUT2D eigenvalue weighted by Gasteiger charge is -1.98. The molecular formula is C9H6Cl2N2O. The van der Waals surface area contributed by atoms with Crippen LogP contribution in [-0.4, -0.2) is 4.98 Å². The minimum Gasteiger partial charge on any atom is -0.432 e. The maximum atomic E-state index is 5.85. The van der Waals surface area contributed by atoms with E-state index in [1.807, 2.05) is 0 Å². The first-order valence-electron chi connectivity index (χ1n) is 3.83. The Morgan fingerprint density at radius 1 is 1.21 bits per heavy atom. The molecule has 0 aliphatic heterocycles. The number of aromatic nitrogens is 1. The summed E-state index contributed by atoms with van der Waals surface area (Å²) in [6.07, 6.45) is 1.47. The van der Waals surface area contributed by atoms with Crippen LogP contribution in [0.15, 0.2) is 28.9 Å². The largest absolute Gasteiger partial charge is 0.432 e. The van der Waals surface area contributed by atoms with Crippen LogP contribution in [0.5, 0.6) is 0 Å². The Kier molecular flexibility index (Phi) is 2.35. The number of halogens is 2. The van der Waals surface area contributed by atoms with E-state index in [0.717, 1.165) is 5.56 Å². The lowest BCUT2D eigenvalue weighted by molar-refractivity contribution is 0.581. The second-order valence-corrected chi connectivity index (χ2v) is 3.51. The molecule has 2 N–H and O–H groups in total. The summed E-state index contributed by atoms with van der Waals surface area (Å²) in [6.45, 7) is 0. The molecule has 0 atom stereocenters. The van der Waals surface area contributed by atoms with Crippen molar-refractivity contribution in [2.75, 3.05) is 5.73 Å². The van der Waals surface area contributed by atoms with Crippen molar-refractivity contribution in [1.29, 1.82) is 0 Å². The molecule has 72 valence electrons. The van der Waals surface area contributed by atoms with Crippen molar-refractivity contribution in [1.82, 2.24) is 4.98 Å². The molecule has 0 bridgehead atoms. The number of nitrogen functional groups attached to an aromatic ring is 1. The SMILES string of the molecule is Nc1nc(-c2ccc(Cl)c(Cl)c2)co1. The highest BCUT2D eigenvalue weighted by Crippen LogP contribution is 2.28. The number of hydrogen-bond acceptors (Lipinski definition) is 3. The summed E-state index contributed by atoms with van der Waals surface area (Å²) >= 11 is 11.6. The number of rotatable bonds is 1. The Morgan fingerprint density at radius 3 is 2.57 bits per heavy atom. The molecule has 0 aliphatic rings. The van der Waals surface area contributed by atoms with Crippen LogP contribution in [-0.2, 0) is 0 Å². The minimum atomic E-state index is 0.131. The lowest BCUT2D eigenvalue weighted by atomic mass is 10.2. The molecule has 1 aromatic heterocycles. The van der Waals surface area contributed by atoms with E-state index in [2.05, 4.69) is 4.98 Å². The van der Waals surface area contributed by atoms with Crippen molar-refractivity contribution in [3.05, 3.63) is 34.5 Å². The summed E-state index contributed by atoms with van der Waals surface area (Å²) in [4.78, 5) is 3.96. The molecule has 0 saturated carbocycles. The van der Waals surface area contributed by atoms with Gasteiger partial charge in [-0.2, -0.15) is 4.98 Å². The first kappa shape index (κ1) is 9.37. The number of hydrogen-bond donors (Lipinski definition) is 1. The molecule has 2 aromatic rings. The Hall–Kier alpha value is -1.19. The number of benzene rings is 1. The molecule has 0 unspecified atom stereocenters. The third-order valence-corrected chi connectivity index (χ3v) is 2.48. The maximum absolute atomic E-state index is 5.85. The third kappa shape index (κ3) is 1.69. The van der Waals surface area contributed by atoms with Crippen LogP contribution in [0.1, 0.15) is 0 Å². The van der Waals surface area contributed by atoms with E-state index in [1.165, 1.54) is 6.26 Å². The van der Waals surface area contributed by atoms with Crippen LogP contribution in [0.2, 0.25) is 10.0 Å². The zero-order chi connectivity index (χ0) is 10.1. The van der Waals surface area contributed by atoms with Gasteiger partial charge < -0.3 is 10.2 Å². The quantitative estimate of drug-likeness (QED) is 0.816. The van der Waals surface area contributed by atoms with Crippen molar-refractivity contribution < 1.29 is 4.42 Å². The predicted molar refractivity (Wildman–Crippen MR) is 56.4 cm³/mol. The van der Waals surface area contributed by atoms with Gasteiger partial charge in [0.25, 0.3) is 6.01 Å². The average Bonchev–Trinajstić information content (AvgIpc) is 2.57. The molecule has 14 heavy (non-hydrogen) atoms. The number of nitrogens with zero attached hydrogens (tertiary/aromatic N) is 1. The van der Waals surface area contributed by atoms with E-state index in [-0.39, 0.29) is 6.01 Å². The van der Waals surface area contributed by atoms with Gasteiger partial charge in [-0.05, 0) is 12.1 Å². The van der Waals surface area contributed by atoms with Crippen LogP contribution in [0.4, 0.5) is 6.01 Å². The lowest BCUT2D eigenvalue weighted by Crippen LogP contribution is -1.83. The Labute approximate surface area is 90.4 Å². The zero-order valence-electron chi connectivity index (χ0n) is 7.00. The van der Waals surface area contributed by atoms with Gasteiger partial charge in [0.15, 0.2) is 0 Å². The average molecular weight is 229 g/mol. The summed E-state index contributed by atoms with van der Waals surface area (Å²) < 4.78 is 4.88. The molecule has 1 aromatic carbocycles. The molecule has 0 spiro atoms. The number of anilines is 1. The van der Waals surface area contributed by atoms with Crippen LogP contribution in [0.3, 0.4) is 0 Å². The van der Waals surface area contributed by atoms with Gasteiger partial charge in [0, 0.05) is 5.56 Å². The van der Waals surface area contributed by atoms with Crippen LogP contribution >= 0.6 is 23.2 Å². The van der Waals surface area contributed by atoms with Crippen LogP contribution < -0.4 is 5.73 Å². The predicted octanol–water partition coefficient (Wildman–Crippen LogP) is 3.23. The van der Waals surface area contributed by atoms with Gasteiger partial charge in [-0.15, -0.1) is 0 Å². The number of nitrogens with two attached hydrogens (primary N) is 1. The van der Waals surface area contributed by atoms with Gasteiger partial charge in [0.2, 0.25) is 0 Å². The molecule has 3 nitrogen and oxygen atoms in total. The van der Waals surface area contributed by atoms with E-state index in [4.69, 9.17) is 33.4 Å². The fourth-order valence-electron chi connectivity index (χ4n) is 1.08. The van der Waals surface area contributed by atoms with E-state index in [1.54, 1.807) is 18.2 Å². The summed E-state index contributed by atoms with van der Waals surface area (Å²) in [5.41, 5.74) is 6.81. The van der Waals surface area contributed by atoms with Gasteiger partial charge in [0.05, 0.1) is 10.0 Å². The molecule has 5 heteroatoms. The van der Waals surface area contributed by atoms with E-state index >= 15 is 0 Å². The van der Waals surface area contributed by atoms with Crippen molar-refractivity contribution >= 4 is 29.2 Å². The first-order valence-corrected chi connectivity index (χ1v) is 4.59. The standard InChI is InChI=1S/C9H6Cl2N2O/c10-6-2-1-5(3-7(6)11)8-4-14-9(12)13-8/h1-4H,(H2,12,13). The van der Waals surface area contributed by atoms with Gasteiger partial charge in [-0.1, -0.05) is 29.3 Å². The maximum Gasteiger partial charge on any atom is 0.292 e. The second kappa shape index (κ2) is 3.52. The van der Waals surface area contributed by atoms with Crippen LogP contribution in [0, 0.1) is 0 Å². The molecular weight excluding hydrogens is 223 g/mol. The monoisotopic (exact) mass is 228 g/mol. The topological polar surface area (TPSA) is 52.0 Å². The van der Waals surface area contributed by atoms with Crippen molar-refractivity contribution in [2.45, 2.75) is 0 Å². The van der Waals surface area contributed by atoms with Gasteiger partial charge in [-0.25, -0.2) is 0 Å². The summed E-state index contributed by atoms with van der Waals surface area (Å²) in [7, 11) is 0. The molecule has 1 heterocycles. The van der Waals surface area contributed by atoms with Crippen LogP contribution in [0.25, 0.3) is 11.3 Å². The zero-order valence-corrected chi connectivity index (χ0v) is 8.51. The van der Waals surface area contributed by atoms with E-state index < -0.39 is 0 Å². The molecule has 0 amide bonds. The minimum absolute atomic E-state index is 0.131. The highest BCUT2D eigenvalue weighted by atomic mass is 35.5. The first-order chi connectivity index (χ1) is 6.66. The fraction of sp³-hybridized carbons (Fsp3) is 0. The van der Waals surface area contributed by atoms with E-state index in [0.29, 0.717) is 15.7 Å². The van der Waals surface area contributed by atoms with Gasteiger partial charge in [-0.3, -0.25) is 0 Å². The highest BCUT2D eigenvalue weighted by molar-refractivity contribution is 6.42. The van der Waals surface area contributed by atoms with E-state index in [9.17, 15) is 0 Å². The number of oxazole rings is 1. The van der Waals surface area contributed by atoms with Crippen molar-refractivity contribution in [3.63, 3.8) is 0 Å². The molecule has 0 radical (unpaired) electrons. The van der Waals surface area contributed by atoms with Crippen molar-refractivity contribution in [3.8, 4) is 11.3 Å². The Bertz CT molecular complexity index is 468. The molecule has 2 rings (SSSR count). The smallest absolute Gasteiger partial charge is 0.292 e. The fourth-order valence-corrected chi connectivity index (χ4v) is 1.37. The van der Waals surface area contributed by atoms with Crippen molar-refractivity contribution in [2.24, 2.45) is 0 Å². The molecule has 0 saturated heterocycles. The highest BCUT2D eigenvalue weighted by Gasteiger charge is 2.05. The molecule has 0 fully saturated rings. The summed E-state index contributed by atoms with van der Waals surface area (Å²) in [6, 6.07) is 5.34. The third-order valence-electron chi connectivity index (χ3n) is 1.74. The summed E-state index contributed by atoms with van der Waals surface area (Å²) in [5.74, 6) is 0. The normalized spacial score (nSPS) is 10.4.